The highest BCUT2D eigenvalue weighted by molar-refractivity contribution is 5.90. The van der Waals surface area contributed by atoms with Gasteiger partial charge in [-0.15, -0.1) is 0 Å². The first-order valence-electron chi connectivity index (χ1n) is 9.11. The number of benzene rings is 4. The minimum Gasteiger partial charge on any atom is -0.504 e. The molecule has 1 heterocycles. The largest absolute Gasteiger partial charge is 0.504 e. The van der Waals surface area contributed by atoms with Crippen molar-refractivity contribution in [2.24, 2.45) is 0 Å². The summed E-state index contributed by atoms with van der Waals surface area (Å²) in [7, 11) is 0. The van der Waals surface area contributed by atoms with Gasteiger partial charge in [0.05, 0.1) is 5.39 Å². The molecule has 5 rings (SSSR count). The zero-order valence-electron chi connectivity index (χ0n) is 15.4. The van der Waals surface area contributed by atoms with Crippen molar-refractivity contribution in [2.75, 3.05) is 0 Å². The Hall–Kier alpha value is -4.05. The van der Waals surface area contributed by atoms with E-state index in [-0.39, 0.29) is 16.9 Å². The van der Waals surface area contributed by atoms with Crippen molar-refractivity contribution < 1.29 is 14.6 Å². The van der Waals surface area contributed by atoms with Gasteiger partial charge in [0.1, 0.15) is 11.3 Å². The summed E-state index contributed by atoms with van der Waals surface area (Å²) in [5, 5.41) is 20.8. The van der Waals surface area contributed by atoms with Gasteiger partial charge in [0.15, 0.2) is 16.9 Å². The molecule has 0 aliphatic rings. The average Bonchev–Trinajstić information content (AvgIpc) is 2.78. The van der Waals surface area contributed by atoms with Crippen LogP contribution in [0.5, 0.6) is 11.5 Å². The molecular formula is C25H18O4. The van der Waals surface area contributed by atoms with Crippen molar-refractivity contribution in [2.45, 2.75) is 0 Å². The molecule has 0 aliphatic heterocycles. The molecule has 0 unspecified atom stereocenters. The number of hydrogen-bond donors (Lipinski definition) is 2. The quantitative estimate of drug-likeness (QED) is 0.364. The van der Waals surface area contributed by atoms with E-state index in [2.05, 4.69) is 0 Å². The molecule has 1 aromatic heterocycles. The molecule has 4 heteroatoms. The summed E-state index contributed by atoms with van der Waals surface area (Å²) in [6, 6.07) is 29.1. The Morgan fingerprint density at radius 1 is 0.655 bits per heavy atom. The summed E-state index contributed by atoms with van der Waals surface area (Å²) in [5.41, 5.74) is 1.53. The van der Waals surface area contributed by atoms with Crippen molar-refractivity contribution in [3.8, 4) is 22.8 Å². The van der Waals surface area contributed by atoms with Crippen LogP contribution in [-0.2, 0) is 0 Å². The SMILES string of the molecule is O=c1cc(-c2ccccc2)oc2ccccc12.Oc1ccc2ccccc2c1O. The van der Waals surface area contributed by atoms with Crippen molar-refractivity contribution in [3.05, 3.63) is 107 Å². The Kier molecular flexibility index (Phi) is 4.99. The number of para-hydroxylation sites is 1. The number of hydrogen-bond acceptors (Lipinski definition) is 4. The Balaban J connectivity index is 0.000000150. The van der Waals surface area contributed by atoms with Crippen molar-refractivity contribution in [1.82, 2.24) is 0 Å². The lowest BCUT2D eigenvalue weighted by Crippen LogP contribution is -1.99. The molecule has 0 aliphatic carbocycles. The summed E-state index contributed by atoms with van der Waals surface area (Å²) in [6.07, 6.45) is 0. The van der Waals surface area contributed by atoms with Gasteiger partial charge in [0.2, 0.25) is 0 Å². The predicted molar refractivity (Wildman–Crippen MR) is 115 cm³/mol. The molecule has 0 saturated heterocycles. The van der Waals surface area contributed by atoms with Crippen LogP contribution in [0.4, 0.5) is 0 Å². The lowest BCUT2D eigenvalue weighted by molar-refractivity contribution is 0.408. The van der Waals surface area contributed by atoms with Crippen molar-refractivity contribution in [1.29, 1.82) is 0 Å². The molecular weight excluding hydrogens is 364 g/mol. The van der Waals surface area contributed by atoms with Gasteiger partial charge in [0.25, 0.3) is 0 Å². The fraction of sp³-hybridized carbons (Fsp3) is 0. The maximum atomic E-state index is 11.9. The van der Waals surface area contributed by atoms with Gasteiger partial charge < -0.3 is 14.6 Å². The van der Waals surface area contributed by atoms with Crippen LogP contribution in [0.25, 0.3) is 33.1 Å². The summed E-state index contributed by atoms with van der Waals surface area (Å²) < 4.78 is 5.73. The molecule has 0 amide bonds. The smallest absolute Gasteiger partial charge is 0.193 e. The topological polar surface area (TPSA) is 70.7 Å². The molecule has 2 N–H and O–H groups in total. The fourth-order valence-corrected chi connectivity index (χ4v) is 3.09. The number of phenols is 2. The normalized spacial score (nSPS) is 10.5. The maximum Gasteiger partial charge on any atom is 0.193 e. The molecule has 4 aromatic carbocycles. The molecule has 0 bridgehead atoms. The number of fused-ring (bicyclic) bond motifs is 2. The van der Waals surface area contributed by atoms with Crippen LogP contribution >= 0.6 is 0 Å². The second-order valence-corrected chi connectivity index (χ2v) is 6.49. The van der Waals surface area contributed by atoms with Gasteiger partial charge in [-0.05, 0) is 23.6 Å². The highest BCUT2D eigenvalue weighted by Crippen LogP contribution is 2.32. The van der Waals surface area contributed by atoms with Crippen LogP contribution in [0.15, 0.2) is 106 Å². The van der Waals surface area contributed by atoms with Crippen LogP contribution in [-0.4, -0.2) is 10.2 Å². The molecule has 5 aromatic rings. The lowest BCUT2D eigenvalue weighted by atomic mass is 10.1. The van der Waals surface area contributed by atoms with Gasteiger partial charge in [-0.3, -0.25) is 4.79 Å². The zero-order valence-corrected chi connectivity index (χ0v) is 15.4. The van der Waals surface area contributed by atoms with E-state index >= 15 is 0 Å². The minimum atomic E-state index is -0.0753. The predicted octanol–water partition coefficient (Wildman–Crippen LogP) is 5.71. The molecule has 4 nitrogen and oxygen atoms in total. The van der Waals surface area contributed by atoms with Gasteiger partial charge in [0, 0.05) is 17.0 Å². The Labute approximate surface area is 166 Å². The van der Waals surface area contributed by atoms with Crippen LogP contribution in [0.1, 0.15) is 0 Å². The Bertz CT molecular complexity index is 1340. The average molecular weight is 382 g/mol. The molecule has 0 fully saturated rings. The number of rotatable bonds is 1. The highest BCUT2D eigenvalue weighted by Gasteiger charge is 2.05. The molecule has 0 atom stereocenters. The third kappa shape index (κ3) is 3.82. The molecule has 0 spiro atoms. The number of aromatic hydroxyl groups is 2. The third-order valence-electron chi connectivity index (χ3n) is 4.57. The summed E-state index contributed by atoms with van der Waals surface area (Å²) >= 11 is 0. The molecule has 29 heavy (non-hydrogen) atoms. The van der Waals surface area contributed by atoms with Gasteiger partial charge >= 0.3 is 0 Å². The summed E-state index contributed by atoms with van der Waals surface area (Å²) in [6.45, 7) is 0. The van der Waals surface area contributed by atoms with Crippen LogP contribution in [0.3, 0.4) is 0 Å². The van der Waals surface area contributed by atoms with Crippen LogP contribution < -0.4 is 5.43 Å². The van der Waals surface area contributed by atoms with E-state index in [4.69, 9.17) is 9.52 Å². The Morgan fingerprint density at radius 2 is 1.31 bits per heavy atom. The van der Waals surface area contributed by atoms with Gasteiger partial charge in [-0.25, -0.2) is 0 Å². The van der Waals surface area contributed by atoms with Crippen LogP contribution in [0.2, 0.25) is 0 Å². The summed E-state index contributed by atoms with van der Waals surface area (Å²) in [5.74, 6) is 0.483. The van der Waals surface area contributed by atoms with E-state index in [0.717, 1.165) is 10.9 Å². The molecule has 0 saturated carbocycles. The first kappa shape index (κ1) is 18.3. The lowest BCUT2D eigenvalue weighted by Gasteiger charge is -2.02. The van der Waals surface area contributed by atoms with E-state index in [9.17, 15) is 9.90 Å². The first-order valence-corrected chi connectivity index (χ1v) is 9.11. The van der Waals surface area contributed by atoms with E-state index in [1.54, 1.807) is 18.2 Å². The zero-order chi connectivity index (χ0) is 20.2. The molecule has 142 valence electrons. The van der Waals surface area contributed by atoms with Gasteiger partial charge in [-0.2, -0.15) is 0 Å². The van der Waals surface area contributed by atoms with E-state index in [1.165, 1.54) is 12.1 Å². The first-order chi connectivity index (χ1) is 14.1. The fourth-order valence-electron chi connectivity index (χ4n) is 3.09. The minimum absolute atomic E-state index is 0.00861. The van der Waals surface area contributed by atoms with Crippen LogP contribution in [0, 0.1) is 0 Å². The Morgan fingerprint density at radius 3 is 2.10 bits per heavy atom. The van der Waals surface area contributed by atoms with Crippen molar-refractivity contribution >= 4 is 21.7 Å². The maximum absolute atomic E-state index is 11.9. The van der Waals surface area contributed by atoms with Gasteiger partial charge in [-0.1, -0.05) is 72.8 Å². The second kappa shape index (κ2) is 7.90. The summed E-state index contributed by atoms with van der Waals surface area (Å²) in [4.78, 5) is 11.9. The molecule has 0 radical (unpaired) electrons. The number of phenolic OH excluding ortho intramolecular Hbond substituents is 2. The monoisotopic (exact) mass is 382 g/mol. The third-order valence-corrected chi connectivity index (χ3v) is 4.57. The standard InChI is InChI=1S/C15H10O2.C10H8O2/c16-13-10-15(11-6-2-1-3-7-11)17-14-9-5-4-8-12(13)14;11-9-6-5-7-3-1-2-4-8(7)10(9)12/h1-10H;1-6,11-12H. The van der Waals surface area contributed by atoms with E-state index < -0.39 is 0 Å². The van der Waals surface area contributed by atoms with E-state index in [1.807, 2.05) is 66.7 Å². The second-order valence-electron chi connectivity index (χ2n) is 6.49. The highest BCUT2D eigenvalue weighted by atomic mass is 16.3. The van der Waals surface area contributed by atoms with Crippen molar-refractivity contribution in [3.63, 3.8) is 0 Å². The van der Waals surface area contributed by atoms with E-state index in [0.29, 0.717) is 22.1 Å².